The van der Waals surface area contributed by atoms with E-state index in [-0.39, 0.29) is 0 Å². The van der Waals surface area contributed by atoms with Gasteiger partial charge in [-0.15, -0.1) is 0 Å². The summed E-state index contributed by atoms with van der Waals surface area (Å²) in [6.07, 6.45) is 7.13. The van der Waals surface area contributed by atoms with E-state index < -0.39 is 0 Å². The summed E-state index contributed by atoms with van der Waals surface area (Å²) >= 11 is 0. The average molecular weight is 455 g/mol. The van der Waals surface area contributed by atoms with Crippen LogP contribution in [0.15, 0.2) is 72.8 Å². The lowest BCUT2D eigenvalue weighted by molar-refractivity contribution is 0.172. The number of nitrogens with two attached hydrogens (primary N) is 1. The van der Waals surface area contributed by atoms with Crippen molar-refractivity contribution in [2.24, 2.45) is 0 Å². The highest BCUT2D eigenvalue weighted by Crippen LogP contribution is 2.36. The summed E-state index contributed by atoms with van der Waals surface area (Å²) in [4.78, 5) is 0. The van der Waals surface area contributed by atoms with E-state index in [4.69, 9.17) is 20.6 Å². The largest absolute Gasteiger partial charge is 0.493 e. The Bertz CT molecular complexity index is 1160. The molecule has 0 fully saturated rings. The maximum absolute atomic E-state index is 7.79. The number of nitrogen functional groups attached to an aromatic ring is 1. The highest BCUT2D eigenvalue weighted by molar-refractivity contribution is 6.00. The second-order valence-corrected chi connectivity index (χ2v) is 8.04. The molecule has 0 bridgehead atoms. The normalized spacial score (nSPS) is 12.0. The van der Waals surface area contributed by atoms with Crippen LogP contribution in [0, 0.1) is 5.41 Å². The van der Waals surface area contributed by atoms with Gasteiger partial charge in [-0.2, -0.15) is 0 Å². The second kappa shape index (κ2) is 12.6. The number of rotatable bonds is 11. The van der Waals surface area contributed by atoms with Gasteiger partial charge in [0.2, 0.25) is 0 Å². The van der Waals surface area contributed by atoms with Crippen molar-refractivity contribution in [2.45, 2.75) is 26.7 Å². The molecule has 0 spiro atoms. The van der Waals surface area contributed by atoms with Gasteiger partial charge in [0.25, 0.3) is 0 Å². The summed E-state index contributed by atoms with van der Waals surface area (Å²) in [6.45, 7) is 5.48. The fourth-order valence-corrected chi connectivity index (χ4v) is 4.02. The zero-order chi connectivity index (χ0) is 24.3. The van der Waals surface area contributed by atoms with Gasteiger partial charge in [-0.3, -0.25) is 0 Å². The van der Waals surface area contributed by atoms with Crippen molar-refractivity contribution in [1.29, 1.82) is 5.41 Å². The van der Waals surface area contributed by atoms with E-state index in [0.29, 0.717) is 24.5 Å². The fraction of sp³-hybridized carbons (Fsp3) is 0.233. The van der Waals surface area contributed by atoms with Gasteiger partial charge in [-0.05, 0) is 71.0 Å². The zero-order valence-corrected chi connectivity index (χ0v) is 20.3. The second-order valence-electron chi connectivity index (χ2n) is 8.04. The van der Waals surface area contributed by atoms with Crippen LogP contribution < -0.4 is 10.5 Å². The number of methoxy groups -OCH3 is 1. The molecular formula is C30H34N2O2. The van der Waals surface area contributed by atoms with Crippen molar-refractivity contribution in [3.63, 3.8) is 0 Å². The molecule has 3 aromatic rings. The molecule has 3 rings (SSSR count). The van der Waals surface area contributed by atoms with E-state index in [1.807, 2.05) is 43.3 Å². The summed E-state index contributed by atoms with van der Waals surface area (Å²) in [7, 11) is 1.70. The predicted octanol–water partition coefficient (Wildman–Crippen LogP) is 7.08. The number of benzene rings is 3. The van der Waals surface area contributed by atoms with E-state index in [1.54, 1.807) is 7.11 Å². The van der Waals surface area contributed by atoms with Crippen LogP contribution >= 0.6 is 0 Å². The first kappa shape index (κ1) is 25.0. The van der Waals surface area contributed by atoms with Crippen molar-refractivity contribution in [3.05, 3.63) is 101 Å². The lowest BCUT2D eigenvalue weighted by atomic mass is 9.87. The zero-order valence-electron chi connectivity index (χ0n) is 20.3. The SMILES string of the molecule is C/C=C/c1ccc(/C(=C(/CC)c2cccc(OCCCOC)c2)c2ccc(N)c(C=N)c2)cc1. The van der Waals surface area contributed by atoms with Gasteiger partial charge in [0.15, 0.2) is 0 Å². The number of anilines is 1. The summed E-state index contributed by atoms with van der Waals surface area (Å²) < 4.78 is 11.1. The van der Waals surface area contributed by atoms with Gasteiger partial charge in [0, 0.05) is 37.6 Å². The van der Waals surface area contributed by atoms with Crippen LogP contribution in [0.4, 0.5) is 5.69 Å². The van der Waals surface area contributed by atoms with Gasteiger partial charge in [-0.1, -0.05) is 61.5 Å². The smallest absolute Gasteiger partial charge is 0.119 e. The molecule has 3 aromatic carbocycles. The Hall–Kier alpha value is -3.63. The predicted molar refractivity (Wildman–Crippen MR) is 145 cm³/mol. The molecule has 0 unspecified atom stereocenters. The molecule has 0 aliphatic rings. The highest BCUT2D eigenvalue weighted by atomic mass is 16.5. The number of allylic oxidation sites excluding steroid dienone is 2. The molecule has 0 saturated carbocycles. The maximum atomic E-state index is 7.79. The molecule has 3 N–H and O–H groups in total. The number of hydrogen-bond acceptors (Lipinski definition) is 4. The lowest BCUT2D eigenvalue weighted by Gasteiger charge is -2.18. The third-order valence-electron chi connectivity index (χ3n) is 5.69. The monoisotopic (exact) mass is 454 g/mol. The molecule has 4 heteroatoms. The molecule has 0 aliphatic carbocycles. The van der Waals surface area contributed by atoms with Crippen LogP contribution in [0.2, 0.25) is 0 Å². The van der Waals surface area contributed by atoms with Crippen molar-refractivity contribution >= 4 is 29.1 Å². The molecule has 0 aliphatic heterocycles. The van der Waals surface area contributed by atoms with Crippen LogP contribution in [0.25, 0.3) is 17.2 Å². The highest BCUT2D eigenvalue weighted by Gasteiger charge is 2.15. The average Bonchev–Trinajstić information content (AvgIpc) is 2.87. The number of ether oxygens (including phenoxy) is 2. The minimum absolute atomic E-state index is 0.603. The molecule has 34 heavy (non-hydrogen) atoms. The van der Waals surface area contributed by atoms with Crippen molar-refractivity contribution in [3.8, 4) is 5.75 Å². The standard InChI is InChI=1S/C30H34N2O2/c1-4-8-22-11-13-23(14-12-22)30(25-15-16-29(32)26(19-25)21-31)28(5-2)24-9-6-10-27(20-24)34-18-7-17-33-3/h4,6,8-16,19-21,31H,5,7,17-18,32H2,1-3H3/b8-4+,30-28+,31-21?. The summed E-state index contributed by atoms with van der Waals surface area (Å²) in [5.74, 6) is 0.847. The first-order valence-electron chi connectivity index (χ1n) is 11.7. The van der Waals surface area contributed by atoms with Crippen LogP contribution in [-0.2, 0) is 4.74 Å². The van der Waals surface area contributed by atoms with Gasteiger partial charge in [-0.25, -0.2) is 0 Å². The van der Waals surface area contributed by atoms with E-state index in [9.17, 15) is 0 Å². The van der Waals surface area contributed by atoms with Gasteiger partial charge in [0.05, 0.1) is 6.61 Å². The van der Waals surface area contributed by atoms with Gasteiger partial charge in [0.1, 0.15) is 5.75 Å². The molecule has 0 radical (unpaired) electrons. The first-order valence-corrected chi connectivity index (χ1v) is 11.7. The topological polar surface area (TPSA) is 68.3 Å². The van der Waals surface area contributed by atoms with Gasteiger partial charge < -0.3 is 20.6 Å². The Morgan fingerprint density at radius 3 is 2.38 bits per heavy atom. The summed E-state index contributed by atoms with van der Waals surface area (Å²) in [6, 6.07) is 22.8. The first-order chi connectivity index (χ1) is 16.6. The Kier molecular flexibility index (Phi) is 9.24. The third-order valence-corrected chi connectivity index (χ3v) is 5.69. The van der Waals surface area contributed by atoms with Crippen LogP contribution in [-0.4, -0.2) is 26.5 Å². The Labute approximate surface area is 203 Å². The Morgan fingerprint density at radius 1 is 0.941 bits per heavy atom. The molecule has 0 heterocycles. The molecule has 0 amide bonds. The van der Waals surface area contributed by atoms with Crippen LogP contribution in [0.3, 0.4) is 0 Å². The van der Waals surface area contributed by atoms with Crippen molar-refractivity contribution in [2.75, 3.05) is 26.1 Å². The minimum Gasteiger partial charge on any atom is -0.493 e. The lowest BCUT2D eigenvalue weighted by Crippen LogP contribution is -2.02. The van der Waals surface area contributed by atoms with Crippen molar-refractivity contribution in [1.82, 2.24) is 0 Å². The van der Waals surface area contributed by atoms with Gasteiger partial charge >= 0.3 is 0 Å². The molecule has 0 aromatic heterocycles. The molecule has 176 valence electrons. The Balaban J connectivity index is 2.14. The summed E-state index contributed by atoms with van der Waals surface area (Å²) in [5, 5.41) is 7.79. The molecule has 4 nitrogen and oxygen atoms in total. The number of nitrogens with one attached hydrogen (secondary N) is 1. The van der Waals surface area contributed by atoms with E-state index in [0.717, 1.165) is 46.4 Å². The fourth-order valence-electron chi connectivity index (χ4n) is 4.02. The van der Waals surface area contributed by atoms with E-state index >= 15 is 0 Å². The quantitative estimate of drug-likeness (QED) is 0.141. The van der Waals surface area contributed by atoms with E-state index in [2.05, 4.69) is 49.4 Å². The van der Waals surface area contributed by atoms with Crippen molar-refractivity contribution < 1.29 is 9.47 Å². The maximum Gasteiger partial charge on any atom is 0.119 e. The number of hydrogen-bond donors (Lipinski definition) is 2. The molecular weight excluding hydrogens is 420 g/mol. The summed E-state index contributed by atoms with van der Waals surface area (Å²) in [5.41, 5.74) is 14.2. The Morgan fingerprint density at radius 2 is 1.71 bits per heavy atom. The van der Waals surface area contributed by atoms with E-state index in [1.165, 1.54) is 11.8 Å². The van der Waals surface area contributed by atoms with Crippen LogP contribution in [0.1, 0.15) is 54.5 Å². The van der Waals surface area contributed by atoms with Crippen LogP contribution in [0.5, 0.6) is 5.75 Å². The molecule has 0 atom stereocenters. The third kappa shape index (κ3) is 6.24. The molecule has 0 saturated heterocycles. The minimum atomic E-state index is 0.603.